The van der Waals surface area contributed by atoms with Gasteiger partial charge in [-0.05, 0) is 36.4 Å². The van der Waals surface area contributed by atoms with Gasteiger partial charge in [0.15, 0.2) is 6.61 Å². The molecule has 0 aliphatic heterocycles. The Morgan fingerprint density at radius 3 is 2.35 bits per heavy atom. The van der Waals surface area contributed by atoms with Gasteiger partial charge in [0.25, 0.3) is 5.91 Å². The lowest BCUT2D eigenvalue weighted by Crippen LogP contribution is -2.20. The van der Waals surface area contributed by atoms with E-state index in [9.17, 15) is 22.8 Å². The smallest absolute Gasteiger partial charge is 0.495 e. The van der Waals surface area contributed by atoms with Crippen LogP contribution < -0.4 is 14.8 Å². The third-order valence-corrected chi connectivity index (χ3v) is 6.01. The third-order valence-electron chi connectivity index (χ3n) is 3.81. The molecule has 1 amide bonds. The fourth-order valence-corrected chi connectivity index (χ4v) is 4.28. The first-order chi connectivity index (χ1) is 14.6. The van der Waals surface area contributed by atoms with Crippen LogP contribution in [0.15, 0.2) is 36.4 Å². The summed E-state index contributed by atoms with van der Waals surface area (Å²) in [5.74, 6) is -1.55. The number of fused-ring (bicyclic) bond motifs is 1. The van der Waals surface area contributed by atoms with E-state index < -0.39 is 30.6 Å². The number of thiophene rings is 1. The van der Waals surface area contributed by atoms with E-state index in [0.717, 1.165) is 23.5 Å². The third kappa shape index (κ3) is 5.52. The van der Waals surface area contributed by atoms with Crippen LogP contribution in [-0.4, -0.2) is 32.0 Å². The molecule has 3 aromatic rings. The molecule has 0 atom stereocenters. The van der Waals surface area contributed by atoms with Crippen molar-refractivity contribution in [3.05, 3.63) is 51.3 Å². The number of carbonyl (C=O) groups is 2. The Balaban J connectivity index is 1.62. The normalized spacial score (nSPS) is 11.3. The number of hydrogen-bond donors (Lipinski definition) is 1. The lowest BCUT2D eigenvalue weighted by Gasteiger charge is -2.10. The Hall–Kier alpha value is -2.69. The van der Waals surface area contributed by atoms with Gasteiger partial charge in [0.2, 0.25) is 0 Å². The van der Waals surface area contributed by atoms with Crippen molar-refractivity contribution < 1.29 is 37.0 Å². The van der Waals surface area contributed by atoms with Gasteiger partial charge in [0, 0.05) is 11.1 Å². The van der Waals surface area contributed by atoms with Gasteiger partial charge in [-0.2, -0.15) is 0 Å². The van der Waals surface area contributed by atoms with Crippen LogP contribution in [0.25, 0.3) is 10.1 Å². The lowest BCUT2D eigenvalue weighted by atomic mass is 10.2. The van der Waals surface area contributed by atoms with Crippen LogP contribution in [-0.2, 0) is 9.53 Å². The number of benzene rings is 2. The molecule has 0 aliphatic carbocycles. The number of amides is 1. The molecular weight excluding hydrogens is 482 g/mol. The lowest BCUT2D eigenvalue weighted by molar-refractivity contribution is -0.274. The molecule has 0 unspecified atom stereocenters. The van der Waals surface area contributed by atoms with Crippen molar-refractivity contribution in [2.75, 3.05) is 19.0 Å². The van der Waals surface area contributed by atoms with Crippen LogP contribution in [0, 0.1) is 0 Å². The highest BCUT2D eigenvalue weighted by Gasteiger charge is 2.31. The van der Waals surface area contributed by atoms with E-state index in [1.165, 1.54) is 19.2 Å². The average Bonchev–Trinajstić information content (AvgIpc) is 3.04. The molecule has 12 heteroatoms. The summed E-state index contributed by atoms with van der Waals surface area (Å²) in [4.78, 5) is 24.4. The van der Waals surface area contributed by atoms with Crippen molar-refractivity contribution >= 4 is 62.2 Å². The molecule has 0 spiro atoms. The first kappa shape index (κ1) is 23.0. The topological polar surface area (TPSA) is 73.9 Å². The van der Waals surface area contributed by atoms with Crippen LogP contribution >= 0.6 is 34.5 Å². The summed E-state index contributed by atoms with van der Waals surface area (Å²) in [5, 5.41) is 3.35. The molecule has 0 bridgehead atoms. The molecule has 0 radical (unpaired) electrons. The number of nitrogens with one attached hydrogen (secondary N) is 1. The second kappa shape index (κ2) is 9.21. The van der Waals surface area contributed by atoms with Gasteiger partial charge >= 0.3 is 12.3 Å². The standard InChI is InChI=1S/C19H12Cl2F3NO5S/c1-28-12-7-6-11-14(20)17(31-16(11)15(12)21)18(27)29-8-13(26)25-9-2-4-10(5-3-9)30-19(22,23)24/h2-7H,8H2,1H3,(H,25,26). The average molecular weight is 494 g/mol. The Kier molecular flexibility index (Phi) is 6.83. The zero-order valence-corrected chi connectivity index (χ0v) is 17.8. The van der Waals surface area contributed by atoms with Crippen LogP contribution in [0.1, 0.15) is 9.67 Å². The first-order valence-corrected chi connectivity index (χ1v) is 9.93. The number of alkyl halides is 3. The van der Waals surface area contributed by atoms with E-state index in [-0.39, 0.29) is 15.6 Å². The molecular formula is C19H12Cl2F3NO5S. The monoisotopic (exact) mass is 493 g/mol. The number of methoxy groups -OCH3 is 1. The van der Waals surface area contributed by atoms with E-state index in [4.69, 9.17) is 32.7 Å². The summed E-state index contributed by atoms with van der Waals surface area (Å²) in [6, 6.07) is 7.73. The van der Waals surface area contributed by atoms with Gasteiger partial charge in [-0.3, -0.25) is 4.79 Å². The van der Waals surface area contributed by atoms with E-state index in [0.29, 0.717) is 20.9 Å². The second-order valence-corrected chi connectivity index (χ2v) is 7.68. The largest absolute Gasteiger partial charge is 0.573 e. The van der Waals surface area contributed by atoms with E-state index in [1.54, 1.807) is 12.1 Å². The van der Waals surface area contributed by atoms with Gasteiger partial charge < -0.3 is 19.5 Å². The van der Waals surface area contributed by atoms with Crippen LogP contribution in [0.4, 0.5) is 18.9 Å². The highest BCUT2D eigenvalue weighted by molar-refractivity contribution is 7.22. The maximum atomic E-state index is 12.4. The van der Waals surface area contributed by atoms with Crippen molar-refractivity contribution in [2.24, 2.45) is 0 Å². The Bertz CT molecular complexity index is 1130. The summed E-state index contributed by atoms with van der Waals surface area (Å²) in [6.07, 6.45) is -4.82. The number of esters is 1. The molecule has 31 heavy (non-hydrogen) atoms. The first-order valence-electron chi connectivity index (χ1n) is 8.36. The van der Waals surface area contributed by atoms with Gasteiger partial charge in [0.05, 0.1) is 16.8 Å². The van der Waals surface area contributed by atoms with E-state index in [1.807, 2.05) is 0 Å². The van der Waals surface area contributed by atoms with Gasteiger partial charge in [-0.1, -0.05) is 23.2 Å². The molecule has 1 N–H and O–H groups in total. The predicted molar refractivity (Wildman–Crippen MR) is 110 cm³/mol. The minimum absolute atomic E-state index is 0.0632. The number of hydrogen-bond acceptors (Lipinski definition) is 6. The highest BCUT2D eigenvalue weighted by atomic mass is 35.5. The summed E-state index contributed by atoms with van der Waals surface area (Å²) in [6.45, 7) is -0.638. The Labute approximate surface area is 187 Å². The van der Waals surface area contributed by atoms with Gasteiger partial charge in [0.1, 0.15) is 21.4 Å². The SMILES string of the molecule is COc1ccc2c(Cl)c(C(=O)OCC(=O)Nc3ccc(OC(F)(F)F)cc3)sc2c1Cl. The summed E-state index contributed by atoms with van der Waals surface area (Å²) in [7, 11) is 1.45. The molecule has 0 saturated carbocycles. The minimum Gasteiger partial charge on any atom is -0.495 e. The van der Waals surface area contributed by atoms with Crippen molar-refractivity contribution in [2.45, 2.75) is 6.36 Å². The summed E-state index contributed by atoms with van der Waals surface area (Å²) in [5.41, 5.74) is 0.189. The number of anilines is 1. The van der Waals surface area contributed by atoms with Crippen molar-refractivity contribution in [3.8, 4) is 11.5 Å². The van der Waals surface area contributed by atoms with E-state index in [2.05, 4.69) is 10.1 Å². The van der Waals surface area contributed by atoms with Crippen LogP contribution in [0.2, 0.25) is 10.0 Å². The minimum atomic E-state index is -4.82. The molecule has 0 aliphatic rings. The van der Waals surface area contributed by atoms with Crippen molar-refractivity contribution in [1.82, 2.24) is 0 Å². The maximum absolute atomic E-state index is 12.4. The number of halogens is 5. The second-order valence-electron chi connectivity index (χ2n) is 5.90. The predicted octanol–water partition coefficient (Wildman–Crippen LogP) is 5.91. The quantitative estimate of drug-likeness (QED) is 0.432. The molecule has 1 heterocycles. The zero-order valence-electron chi connectivity index (χ0n) is 15.5. The zero-order chi connectivity index (χ0) is 22.8. The fraction of sp³-hybridized carbons (Fsp3) is 0.158. The molecule has 164 valence electrons. The van der Waals surface area contributed by atoms with Crippen LogP contribution in [0.5, 0.6) is 11.5 Å². The van der Waals surface area contributed by atoms with Crippen molar-refractivity contribution in [3.63, 3.8) is 0 Å². The van der Waals surface area contributed by atoms with Crippen molar-refractivity contribution in [1.29, 1.82) is 0 Å². The molecule has 1 aromatic heterocycles. The Morgan fingerprint density at radius 1 is 1.06 bits per heavy atom. The molecule has 0 saturated heterocycles. The summed E-state index contributed by atoms with van der Waals surface area (Å²) < 4.78 is 50.9. The van der Waals surface area contributed by atoms with E-state index >= 15 is 0 Å². The number of rotatable bonds is 6. The van der Waals surface area contributed by atoms with Gasteiger partial charge in [-0.25, -0.2) is 4.79 Å². The molecule has 6 nitrogen and oxygen atoms in total. The highest BCUT2D eigenvalue weighted by Crippen LogP contribution is 2.43. The molecule has 2 aromatic carbocycles. The number of carbonyl (C=O) groups excluding carboxylic acids is 2. The number of ether oxygens (including phenoxy) is 3. The molecule has 3 rings (SSSR count). The van der Waals surface area contributed by atoms with Crippen LogP contribution in [0.3, 0.4) is 0 Å². The maximum Gasteiger partial charge on any atom is 0.573 e. The van der Waals surface area contributed by atoms with Gasteiger partial charge in [-0.15, -0.1) is 24.5 Å². The summed E-state index contributed by atoms with van der Waals surface area (Å²) >= 11 is 13.5. The molecule has 0 fully saturated rings. The Morgan fingerprint density at radius 2 is 1.74 bits per heavy atom. The fourth-order valence-electron chi connectivity index (χ4n) is 2.50.